The van der Waals surface area contributed by atoms with Crippen LogP contribution in [0.25, 0.3) is 11.3 Å². The van der Waals surface area contributed by atoms with Gasteiger partial charge in [0.2, 0.25) is 5.91 Å². The average molecular weight is 361 g/mol. The minimum atomic E-state index is -0.490. The van der Waals surface area contributed by atoms with E-state index >= 15 is 0 Å². The summed E-state index contributed by atoms with van der Waals surface area (Å²) in [5, 5.41) is 8.80. The predicted octanol–water partition coefficient (Wildman–Crippen LogP) is 2.77. The monoisotopic (exact) mass is 361 g/mol. The first-order valence-corrected chi connectivity index (χ1v) is 9.16. The number of carbonyl (C=O) groups is 1. The summed E-state index contributed by atoms with van der Waals surface area (Å²) in [6.45, 7) is 2.06. The van der Waals surface area contributed by atoms with E-state index in [0.29, 0.717) is 11.7 Å². The summed E-state index contributed by atoms with van der Waals surface area (Å²) < 4.78 is 10.7. The van der Waals surface area contributed by atoms with Crippen LogP contribution in [0.5, 0.6) is 5.75 Å². The molecule has 134 valence electrons. The van der Waals surface area contributed by atoms with Crippen LogP contribution >= 0.6 is 11.3 Å². The fourth-order valence-corrected chi connectivity index (χ4v) is 3.86. The van der Waals surface area contributed by atoms with Crippen molar-refractivity contribution in [3.63, 3.8) is 0 Å². The molecule has 0 saturated carbocycles. The Kier molecular flexibility index (Phi) is 5.67. The second-order valence-corrected chi connectivity index (χ2v) is 7.01. The molecule has 6 nitrogen and oxygen atoms in total. The van der Waals surface area contributed by atoms with Crippen LogP contribution < -0.4 is 15.4 Å². The number of para-hydroxylation sites is 1. The largest absolute Gasteiger partial charge is 0.496 e. The van der Waals surface area contributed by atoms with Crippen molar-refractivity contribution >= 4 is 22.4 Å². The van der Waals surface area contributed by atoms with E-state index in [9.17, 15) is 4.79 Å². The van der Waals surface area contributed by atoms with Gasteiger partial charge >= 0.3 is 0 Å². The average Bonchev–Trinajstić information content (AvgIpc) is 3.11. The van der Waals surface area contributed by atoms with Gasteiger partial charge in [-0.05, 0) is 38.1 Å². The van der Waals surface area contributed by atoms with Crippen molar-refractivity contribution in [3.8, 4) is 17.0 Å². The molecule has 2 N–H and O–H groups in total. The number of hydrogen-bond acceptors (Lipinski definition) is 6. The number of nitrogens with zero attached hydrogens (tertiary/aromatic N) is 1. The zero-order chi connectivity index (χ0) is 17.7. The quantitative estimate of drug-likeness (QED) is 0.828. The second-order valence-electron chi connectivity index (χ2n) is 6.16. The smallest absolute Gasteiger partial charge is 0.234 e. The molecule has 1 aliphatic rings. The Labute approximate surface area is 151 Å². The molecule has 0 radical (unpaired) electrons. The number of thiazole rings is 1. The Hall–Kier alpha value is -1.96. The maximum atomic E-state index is 12.9. The third-order valence-electron chi connectivity index (χ3n) is 4.57. The zero-order valence-corrected chi connectivity index (χ0v) is 15.3. The van der Waals surface area contributed by atoms with E-state index in [4.69, 9.17) is 9.47 Å². The highest BCUT2D eigenvalue weighted by molar-refractivity contribution is 7.14. The van der Waals surface area contributed by atoms with Gasteiger partial charge in [-0.15, -0.1) is 11.3 Å². The molecule has 0 spiro atoms. The van der Waals surface area contributed by atoms with E-state index in [1.54, 1.807) is 14.2 Å². The molecular weight excluding hydrogens is 338 g/mol. The second kappa shape index (κ2) is 7.95. The van der Waals surface area contributed by atoms with Crippen molar-refractivity contribution < 1.29 is 14.3 Å². The Balaban J connectivity index is 1.77. The molecule has 1 aromatic heterocycles. The normalized spacial score (nSPS) is 16.4. The minimum Gasteiger partial charge on any atom is -0.496 e. The van der Waals surface area contributed by atoms with Gasteiger partial charge in [0.15, 0.2) is 5.13 Å². The summed E-state index contributed by atoms with van der Waals surface area (Å²) in [4.78, 5) is 17.4. The predicted molar refractivity (Wildman–Crippen MR) is 99.1 cm³/mol. The molecule has 2 heterocycles. The van der Waals surface area contributed by atoms with E-state index in [1.807, 2.05) is 29.6 Å². The van der Waals surface area contributed by atoms with Gasteiger partial charge in [-0.1, -0.05) is 12.1 Å². The molecule has 0 atom stereocenters. The summed E-state index contributed by atoms with van der Waals surface area (Å²) in [6, 6.07) is 7.72. The number of methoxy groups -OCH3 is 2. The fraction of sp³-hybridized carbons (Fsp3) is 0.444. The first-order chi connectivity index (χ1) is 12.2. The molecule has 0 unspecified atom stereocenters. The number of anilines is 1. The molecule has 2 aromatic rings. The topological polar surface area (TPSA) is 72.5 Å². The lowest BCUT2D eigenvalue weighted by Gasteiger charge is -2.35. The maximum Gasteiger partial charge on any atom is 0.234 e. The van der Waals surface area contributed by atoms with E-state index in [1.165, 1.54) is 11.3 Å². The molecule has 1 fully saturated rings. The van der Waals surface area contributed by atoms with Gasteiger partial charge in [-0.2, -0.15) is 0 Å². The van der Waals surface area contributed by atoms with Crippen LogP contribution in [-0.2, 0) is 9.53 Å². The number of amides is 1. The summed E-state index contributed by atoms with van der Waals surface area (Å²) in [6.07, 6.45) is 1.52. The number of rotatable bonds is 6. The minimum absolute atomic E-state index is 0.0169. The summed E-state index contributed by atoms with van der Waals surface area (Å²) in [5.74, 6) is 0.747. The lowest BCUT2D eigenvalue weighted by Crippen LogP contribution is -2.47. The number of nitrogens with one attached hydrogen (secondary N) is 2. The number of carbonyl (C=O) groups excluding carboxylic acids is 1. The van der Waals surface area contributed by atoms with Gasteiger partial charge in [0.05, 0.1) is 24.8 Å². The highest BCUT2D eigenvalue weighted by Gasteiger charge is 2.40. The highest BCUT2D eigenvalue weighted by atomic mass is 32.1. The van der Waals surface area contributed by atoms with Crippen molar-refractivity contribution in [2.24, 2.45) is 5.41 Å². The molecule has 0 bridgehead atoms. The molecule has 25 heavy (non-hydrogen) atoms. The maximum absolute atomic E-state index is 12.9. The number of ether oxygens (including phenoxy) is 2. The van der Waals surface area contributed by atoms with E-state index in [2.05, 4.69) is 15.6 Å². The van der Waals surface area contributed by atoms with Gasteiger partial charge in [0.1, 0.15) is 5.75 Å². The van der Waals surface area contributed by atoms with Gasteiger partial charge < -0.3 is 20.1 Å². The lowest BCUT2D eigenvalue weighted by molar-refractivity contribution is -0.130. The van der Waals surface area contributed by atoms with Gasteiger partial charge in [-0.25, -0.2) is 4.98 Å². The summed E-state index contributed by atoms with van der Waals surface area (Å²) in [7, 11) is 3.28. The Bertz CT molecular complexity index is 720. The van der Waals surface area contributed by atoms with E-state index in [-0.39, 0.29) is 5.91 Å². The number of aromatic nitrogens is 1. The van der Waals surface area contributed by atoms with Crippen LogP contribution in [0, 0.1) is 5.41 Å². The number of hydrogen-bond donors (Lipinski definition) is 2. The van der Waals surface area contributed by atoms with Crippen LogP contribution in [0.15, 0.2) is 29.6 Å². The van der Waals surface area contributed by atoms with Crippen LogP contribution in [0.2, 0.25) is 0 Å². The molecule has 3 rings (SSSR count). The molecule has 7 heteroatoms. The van der Waals surface area contributed by atoms with Gasteiger partial charge in [0, 0.05) is 18.1 Å². The number of benzene rings is 1. The SMILES string of the molecule is COCC1(C(=O)Nc2nc(-c3ccccc3OC)cs2)CCNCC1. The van der Waals surface area contributed by atoms with Crippen LogP contribution in [-0.4, -0.2) is 44.8 Å². The van der Waals surface area contributed by atoms with Gasteiger partial charge in [-0.3, -0.25) is 4.79 Å². The first kappa shape index (κ1) is 17.8. The van der Waals surface area contributed by atoms with Crippen molar-refractivity contribution in [1.29, 1.82) is 0 Å². The van der Waals surface area contributed by atoms with Gasteiger partial charge in [0.25, 0.3) is 0 Å². The molecule has 1 aromatic carbocycles. The third kappa shape index (κ3) is 3.84. The van der Waals surface area contributed by atoms with E-state index < -0.39 is 5.41 Å². The molecule has 1 amide bonds. The van der Waals surface area contributed by atoms with Crippen molar-refractivity contribution in [2.75, 3.05) is 39.2 Å². The lowest BCUT2D eigenvalue weighted by atomic mass is 9.79. The molecule has 1 aliphatic heterocycles. The zero-order valence-electron chi connectivity index (χ0n) is 14.5. The summed E-state index contributed by atoms with van der Waals surface area (Å²) in [5.41, 5.74) is 1.22. The Morgan fingerprint density at radius 2 is 2.08 bits per heavy atom. The van der Waals surface area contributed by atoms with E-state index in [0.717, 1.165) is 42.9 Å². The first-order valence-electron chi connectivity index (χ1n) is 8.28. The van der Waals surface area contributed by atoms with Crippen molar-refractivity contribution in [2.45, 2.75) is 12.8 Å². The van der Waals surface area contributed by atoms with Crippen LogP contribution in [0.3, 0.4) is 0 Å². The van der Waals surface area contributed by atoms with Crippen molar-refractivity contribution in [1.82, 2.24) is 10.3 Å². The molecule has 1 saturated heterocycles. The van der Waals surface area contributed by atoms with Crippen LogP contribution in [0.4, 0.5) is 5.13 Å². The van der Waals surface area contributed by atoms with Crippen molar-refractivity contribution in [3.05, 3.63) is 29.6 Å². The third-order valence-corrected chi connectivity index (χ3v) is 5.33. The summed E-state index contributed by atoms with van der Waals surface area (Å²) >= 11 is 1.42. The Morgan fingerprint density at radius 3 is 2.80 bits per heavy atom. The van der Waals surface area contributed by atoms with Crippen LogP contribution in [0.1, 0.15) is 12.8 Å². The fourth-order valence-electron chi connectivity index (χ4n) is 3.16. The Morgan fingerprint density at radius 1 is 1.32 bits per heavy atom. The number of piperidine rings is 1. The molecular formula is C18H23N3O3S. The molecule has 0 aliphatic carbocycles. The highest BCUT2D eigenvalue weighted by Crippen LogP contribution is 2.34. The standard InChI is InChI=1S/C18H23N3O3S/c1-23-12-18(7-9-19-10-8-18)16(22)21-17-20-14(11-25-17)13-5-3-4-6-15(13)24-2/h3-6,11,19H,7-10,12H2,1-2H3,(H,20,21,22).